The van der Waals surface area contributed by atoms with Gasteiger partial charge in [0.1, 0.15) is 24.2 Å². The van der Waals surface area contributed by atoms with E-state index in [0.29, 0.717) is 215 Å². The van der Waals surface area contributed by atoms with E-state index in [1.165, 1.54) is 0 Å². The zero-order valence-corrected chi connectivity index (χ0v) is 53.3. The Morgan fingerprint density at radius 3 is 0.760 bits per heavy atom. The highest BCUT2D eigenvalue weighted by atomic mass is 16.2. The number of amides is 8. The second-order valence-corrected chi connectivity index (χ2v) is 26.0. The van der Waals surface area contributed by atoms with Gasteiger partial charge in [0.25, 0.3) is 0 Å². The number of carbonyl (C=O) groups excluding carboxylic acids is 8. The molecule has 17 rings (SSSR count). The molecule has 4 aromatic carbocycles. The maximum Gasteiger partial charge on any atom is 0.247 e. The average Bonchev–Trinajstić information content (AvgIpc) is 1.59. The van der Waals surface area contributed by atoms with Crippen LogP contribution < -0.4 is 21.3 Å². The topological polar surface area (TPSA) is 255 Å². The summed E-state index contributed by atoms with van der Waals surface area (Å²) in [6.07, 6.45) is 14.4. The molecule has 10 aliphatic rings. The number of hydrogen-bond acceptors (Lipinski definition) is 10. The van der Waals surface area contributed by atoms with Crippen molar-refractivity contribution in [3.05, 3.63) is 144 Å². The van der Waals surface area contributed by atoms with Crippen LogP contribution >= 0.6 is 0 Å². The third-order valence-electron chi connectivity index (χ3n) is 20.1. The number of carbonyl (C=O) groups is 8. The highest BCUT2D eigenvalue weighted by Crippen LogP contribution is 2.44. The number of fused-ring (bicyclic) bond motifs is 14. The molecule has 4 fully saturated rings. The summed E-state index contributed by atoms with van der Waals surface area (Å²) in [6, 6.07) is 34.9. The van der Waals surface area contributed by atoms with Gasteiger partial charge in [0, 0.05) is 141 Å². The van der Waals surface area contributed by atoms with Crippen LogP contribution in [0.5, 0.6) is 0 Å². The zero-order chi connectivity index (χ0) is 65.6. The van der Waals surface area contributed by atoms with Crippen LogP contribution in [0.1, 0.15) is 126 Å². The van der Waals surface area contributed by atoms with Gasteiger partial charge in [0.2, 0.25) is 47.3 Å². The lowest BCUT2D eigenvalue weighted by Crippen LogP contribution is -2.43. The molecule has 96 heavy (non-hydrogen) atoms. The molecule has 10 aliphatic heterocycles. The van der Waals surface area contributed by atoms with Crippen LogP contribution in [0, 0.1) is 0 Å². The molecule has 0 saturated carbocycles. The molecule has 13 heterocycles. The first-order valence-electron chi connectivity index (χ1n) is 33.9. The van der Waals surface area contributed by atoms with E-state index in [2.05, 4.69) is 31.2 Å². The fraction of sp³-hybridized carbons (Fsp3) is 0.316. The quantitative estimate of drug-likeness (QED) is 0.0837. The molecule has 6 N–H and O–H groups in total. The third-order valence-corrected chi connectivity index (χ3v) is 20.1. The number of nitrogens with one attached hydrogen (secondary N) is 6. The van der Waals surface area contributed by atoms with Gasteiger partial charge in [-0.25, -0.2) is 9.97 Å². The normalized spacial score (nSPS) is 21.2. The van der Waals surface area contributed by atoms with Gasteiger partial charge in [0.15, 0.2) is 0 Å². The van der Waals surface area contributed by atoms with Crippen molar-refractivity contribution in [2.75, 3.05) is 47.4 Å². The molecule has 8 amide bonds. The van der Waals surface area contributed by atoms with Crippen molar-refractivity contribution in [2.45, 2.75) is 127 Å². The molecule has 0 radical (unpaired) electrons. The van der Waals surface area contributed by atoms with Crippen LogP contribution in [0.4, 0.5) is 22.7 Å². The van der Waals surface area contributed by atoms with E-state index in [1.807, 2.05) is 146 Å². The second-order valence-electron chi connectivity index (χ2n) is 26.0. The first-order chi connectivity index (χ1) is 46.9. The maximum atomic E-state index is 14.9. The maximum absolute atomic E-state index is 14.9. The van der Waals surface area contributed by atoms with E-state index in [9.17, 15) is 38.4 Å². The first-order valence-corrected chi connectivity index (χ1v) is 33.9. The van der Waals surface area contributed by atoms with E-state index in [-0.39, 0.29) is 72.9 Å². The lowest BCUT2D eigenvalue weighted by atomic mass is 10.0. The minimum absolute atomic E-state index is 0.152. The Kier molecular flexibility index (Phi) is 16.8. The predicted molar refractivity (Wildman–Crippen MR) is 371 cm³/mol. The van der Waals surface area contributed by atoms with Crippen molar-refractivity contribution >= 4 is 116 Å². The minimum Gasteiger partial charge on any atom is -0.354 e. The van der Waals surface area contributed by atoms with Gasteiger partial charge in [-0.05, 0) is 150 Å². The fourth-order valence-electron chi connectivity index (χ4n) is 15.5. The Hall–Kier alpha value is -10.8. The second kappa shape index (κ2) is 26.2. The van der Waals surface area contributed by atoms with Crippen molar-refractivity contribution in [3.8, 4) is 44.5 Å². The molecule has 3 aromatic heterocycles. The van der Waals surface area contributed by atoms with Crippen LogP contribution in [-0.2, 0) is 38.4 Å². The van der Waals surface area contributed by atoms with Gasteiger partial charge < -0.3 is 50.8 Å². The Morgan fingerprint density at radius 2 is 0.521 bits per heavy atom. The van der Waals surface area contributed by atoms with Crippen LogP contribution in [0.25, 0.3) is 90.9 Å². The van der Waals surface area contributed by atoms with Gasteiger partial charge >= 0.3 is 0 Å². The summed E-state index contributed by atoms with van der Waals surface area (Å²) in [5.41, 5.74) is 11.2. The summed E-state index contributed by atoms with van der Waals surface area (Å²) in [5, 5.41) is 13.1. The Balaban J connectivity index is 1.03. The number of nitrogens with zero attached hydrogens (tertiary/aromatic N) is 6. The number of rotatable bonds is 0. The van der Waals surface area contributed by atoms with E-state index in [1.54, 1.807) is 19.6 Å². The fourth-order valence-corrected chi connectivity index (χ4v) is 15.5. The standard InChI is InChI=1S/C76H74N12O8/c89-65-29-9-10-30-66(90)88-44-16-28-64(88)76(96)84-52-24-8-4-20-48(52)72-59-39-37-57(79-59)70-46-18-2-6-22-50(46)82-74(94)62-26-14-42-86(62)67(91)31-11-12-32-68(92)87-43-15-27-63(87)75(95)83-51-23-7-3-19-47(51)71(58-38-40-60(72)80-58)56-36-34-54(78-56)69(53-33-35-55(70)77-53)45-17-1-5-21-49(45)81-73(93)61-25-13-41-85(61)65/h1-8,17-24,33-40,61-64,77,80H,9-16,25-32,41-44H2,(H,81,93)(H,82,94)(H,83,95)(H,84,96)/t61-,62-,63-,64-/m0/s1. The van der Waals surface area contributed by atoms with Gasteiger partial charge in [-0.15, -0.1) is 0 Å². The highest BCUT2D eigenvalue weighted by molar-refractivity contribution is 6.10. The molecule has 4 saturated heterocycles. The van der Waals surface area contributed by atoms with Crippen LogP contribution in [0.2, 0.25) is 0 Å². The molecule has 20 nitrogen and oxygen atoms in total. The molecule has 7 aromatic rings. The van der Waals surface area contributed by atoms with Crippen molar-refractivity contribution in [3.63, 3.8) is 0 Å². The number of aromatic nitrogens is 4. The lowest BCUT2D eigenvalue weighted by Gasteiger charge is -2.25. The molecule has 0 spiro atoms. The first kappa shape index (κ1) is 61.4. The van der Waals surface area contributed by atoms with Crippen molar-refractivity contribution in [2.24, 2.45) is 0 Å². The highest BCUT2D eigenvalue weighted by Gasteiger charge is 2.39. The summed E-state index contributed by atoms with van der Waals surface area (Å²) >= 11 is 0. The number of hydrogen-bond donors (Lipinski definition) is 6. The summed E-state index contributed by atoms with van der Waals surface area (Å²) in [6.45, 7) is 1.63. The molecule has 20 heteroatoms. The average molecular weight is 1280 g/mol. The summed E-state index contributed by atoms with van der Waals surface area (Å²) in [5.74, 6) is -2.05. The molecule has 0 aliphatic carbocycles. The SMILES string of the molecule is O=C1Nc2ccccc2-c2c3nc(c4c5ccc([nH]5)c(c5nc(c(c6ccc2[nH]6)-c2ccccc2NC(=O)[C@@H]2CCCN2C(=O)CCCCC(=O)N2CCC[C@H]2C(=O)Nc2ccccc2-4)C=C5)-c2ccccc2NC(=O)[C@@H]2CCCN2C(=O)CCCCC(=O)N2CCC[C@@H]12)C=C3. The molecule has 486 valence electrons. The predicted octanol–water partition coefficient (Wildman–Crippen LogP) is 12.2. The van der Waals surface area contributed by atoms with Crippen LogP contribution in [0.15, 0.2) is 121 Å². The monoisotopic (exact) mass is 1280 g/mol. The summed E-state index contributed by atoms with van der Waals surface area (Å²) in [7, 11) is 0. The number of H-pyrrole nitrogens is 2. The molecule has 4 atom stereocenters. The molecular formula is C76H74N12O8. The lowest BCUT2D eigenvalue weighted by molar-refractivity contribution is -0.137. The van der Waals surface area contributed by atoms with Crippen molar-refractivity contribution < 1.29 is 38.4 Å². The molecule has 0 unspecified atom stereocenters. The van der Waals surface area contributed by atoms with E-state index >= 15 is 0 Å². The summed E-state index contributed by atoms with van der Waals surface area (Å²) < 4.78 is 0. The minimum atomic E-state index is -0.761. The smallest absolute Gasteiger partial charge is 0.247 e. The van der Waals surface area contributed by atoms with Crippen molar-refractivity contribution in [1.29, 1.82) is 0 Å². The van der Waals surface area contributed by atoms with E-state index in [4.69, 9.17) is 9.97 Å². The Labute approximate surface area is 554 Å². The van der Waals surface area contributed by atoms with E-state index < -0.39 is 24.2 Å². The number of anilines is 4. The Bertz CT molecular complexity index is 4060. The van der Waals surface area contributed by atoms with Crippen LogP contribution in [0.3, 0.4) is 0 Å². The van der Waals surface area contributed by atoms with Crippen LogP contribution in [-0.4, -0.2) is 137 Å². The third kappa shape index (κ3) is 11.7. The largest absolute Gasteiger partial charge is 0.354 e. The van der Waals surface area contributed by atoms with Gasteiger partial charge in [-0.3, -0.25) is 38.4 Å². The number of para-hydroxylation sites is 4. The van der Waals surface area contributed by atoms with E-state index in [0.717, 1.165) is 0 Å². The zero-order valence-electron chi connectivity index (χ0n) is 53.3. The Morgan fingerprint density at radius 1 is 0.292 bits per heavy atom. The number of benzene rings is 4. The van der Waals surface area contributed by atoms with Gasteiger partial charge in [0.05, 0.1) is 22.8 Å². The molecular weight excluding hydrogens is 1210 g/mol. The van der Waals surface area contributed by atoms with Gasteiger partial charge in [-0.2, -0.15) is 0 Å². The summed E-state index contributed by atoms with van der Waals surface area (Å²) in [4.78, 5) is 142. The molecule has 12 bridgehead atoms. The van der Waals surface area contributed by atoms with Gasteiger partial charge in [-0.1, -0.05) is 72.8 Å². The van der Waals surface area contributed by atoms with Crippen molar-refractivity contribution in [1.82, 2.24) is 39.5 Å². The number of aromatic amines is 2.